The Balaban J connectivity index is 1.52. The fourth-order valence-corrected chi connectivity index (χ4v) is 3.93. The molecule has 0 radical (unpaired) electrons. The number of anilines is 1. The van der Waals surface area contributed by atoms with Gasteiger partial charge in [-0.1, -0.05) is 18.2 Å². The molecular formula is C22H25N5O2S. The number of rotatable bonds is 4. The molecule has 2 heterocycles. The van der Waals surface area contributed by atoms with Gasteiger partial charge in [-0.2, -0.15) is 0 Å². The minimum Gasteiger partial charge on any atom is -0.369 e. The van der Waals surface area contributed by atoms with E-state index in [0.29, 0.717) is 27.8 Å². The second kappa shape index (κ2) is 8.41. The predicted molar refractivity (Wildman–Crippen MR) is 122 cm³/mol. The van der Waals surface area contributed by atoms with Crippen molar-refractivity contribution in [3.05, 3.63) is 68.7 Å². The van der Waals surface area contributed by atoms with E-state index in [1.54, 1.807) is 25.2 Å². The van der Waals surface area contributed by atoms with Crippen molar-refractivity contribution >= 4 is 34.7 Å². The van der Waals surface area contributed by atoms with Crippen LogP contribution in [0.15, 0.2) is 47.3 Å². The maximum Gasteiger partial charge on any atom is 0.261 e. The Kier molecular flexibility index (Phi) is 5.69. The van der Waals surface area contributed by atoms with Crippen LogP contribution in [0.1, 0.15) is 15.9 Å². The number of carbonyl (C=O) groups is 1. The van der Waals surface area contributed by atoms with Crippen molar-refractivity contribution in [3.63, 3.8) is 0 Å². The molecule has 1 aromatic heterocycles. The van der Waals surface area contributed by atoms with Crippen molar-refractivity contribution in [2.45, 2.75) is 6.54 Å². The molecule has 1 aliphatic heterocycles. The topological polar surface area (TPSA) is 73.4 Å². The van der Waals surface area contributed by atoms with Crippen LogP contribution in [0.4, 0.5) is 5.69 Å². The minimum absolute atomic E-state index is 0.179. The summed E-state index contributed by atoms with van der Waals surface area (Å²) in [5, 5.41) is 3.51. The summed E-state index contributed by atoms with van der Waals surface area (Å²) in [6.07, 6.45) is 0. The molecular weight excluding hydrogens is 398 g/mol. The SMILES string of the molecule is CN1CCN(c2ccccc2CNC(=O)c2ccc3c(=O)n(C)c(=S)[nH]c3c2)CC1. The average molecular weight is 424 g/mol. The third-order valence-corrected chi connectivity index (χ3v) is 6.01. The highest BCUT2D eigenvalue weighted by Gasteiger charge is 2.17. The Labute approximate surface area is 179 Å². The van der Waals surface area contributed by atoms with Crippen LogP contribution in [0.3, 0.4) is 0 Å². The molecule has 2 N–H and O–H groups in total. The number of nitrogens with zero attached hydrogens (tertiary/aromatic N) is 3. The van der Waals surface area contributed by atoms with Gasteiger partial charge in [0.15, 0.2) is 4.77 Å². The Morgan fingerprint density at radius 2 is 1.83 bits per heavy atom. The van der Waals surface area contributed by atoms with Crippen LogP contribution in [0.2, 0.25) is 0 Å². The summed E-state index contributed by atoms with van der Waals surface area (Å²) in [6.45, 7) is 4.43. The van der Waals surface area contributed by atoms with Gasteiger partial charge >= 0.3 is 0 Å². The molecule has 2 aromatic carbocycles. The Bertz CT molecular complexity index is 1210. The lowest BCUT2D eigenvalue weighted by molar-refractivity contribution is 0.0951. The minimum atomic E-state index is -0.190. The van der Waals surface area contributed by atoms with E-state index in [2.05, 4.69) is 39.3 Å². The van der Waals surface area contributed by atoms with Crippen LogP contribution in [0.5, 0.6) is 0 Å². The monoisotopic (exact) mass is 423 g/mol. The van der Waals surface area contributed by atoms with Crippen LogP contribution in [0.25, 0.3) is 10.9 Å². The fourth-order valence-electron chi connectivity index (χ4n) is 3.74. The molecule has 8 heteroatoms. The summed E-state index contributed by atoms with van der Waals surface area (Å²) in [6, 6.07) is 13.2. The van der Waals surface area contributed by atoms with Crippen molar-refractivity contribution in [1.29, 1.82) is 0 Å². The first-order valence-electron chi connectivity index (χ1n) is 9.97. The standard InChI is InChI=1S/C22H25N5O2S/c1-25-9-11-27(12-10-25)19-6-4-3-5-16(19)14-23-20(28)15-7-8-17-18(13-15)24-22(30)26(2)21(17)29/h3-8,13H,9-12,14H2,1-2H3,(H,23,28)(H,24,30). The number of fused-ring (bicyclic) bond motifs is 1. The number of carbonyl (C=O) groups excluding carboxylic acids is 1. The highest BCUT2D eigenvalue weighted by molar-refractivity contribution is 7.71. The first-order valence-corrected chi connectivity index (χ1v) is 10.4. The summed E-state index contributed by atoms with van der Waals surface area (Å²) in [7, 11) is 3.76. The Hall–Kier alpha value is -2.97. The molecule has 1 aliphatic rings. The van der Waals surface area contributed by atoms with Gasteiger partial charge in [0.05, 0.1) is 10.9 Å². The van der Waals surface area contributed by atoms with Gasteiger partial charge in [0.25, 0.3) is 11.5 Å². The molecule has 0 spiro atoms. The first kappa shape index (κ1) is 20.3. The van der Waals surface area contributed by atoms with Gasteiger partial charge in [-0.3, -0.25) is 14.2 Å². The van der Waals surface area contributed by atoms with Gasteiger partial charge in [0.2, 0.25) is 0 Å². The number of hydrogen-bond donors (Lipinski definition) is 2. The summed E-state index contributed by atoms with van der Waals surface area (Å²) in [4.78, 5) is 32.8. The molecule has 3 aromatic rings. The van der Waals surface area contributed by atoms with Crippen molar-refractivity contribution in [2.75, 3.05) is 38.1 Å². The molecule has 0 aliphatic carbocycles. The maximum atomic E-state index is 12.8. The van der Waals surface area contributed by atoms with Crippen LogP contribution in [0, 0.1) is 4.77 Å². The van der Waals surface area contributed by atoms with E-state index in [4.69, 9.17) is 12.2 Å². The molecule has 30 heavy (non-hydrogen) atoms. The lowest BCUT2D eigenvalue weighted by Crippen LogP contribution is -2.45. The molecule has 4 rings (SSSR count). The highest BCUT2D eigenvalue weighted by Crippen LogP contribution is 2.22. The van der Waals surface area contributed by atoms with E-state index < -0.39 is 0 Å². The van der Waals surface area contributed by atoms with Gasteiger partial charge in [-0.25, -0.2) is 0 Å². The van der Waals surface area contributed by atoms with Crippen LogP contribution in [-0.2, 0) is 13.6 Å². The molecule has 156 valence electrons. The lowest BCUT2D eigenvalue weighted by Gasteiger charge is -2.35. The Morgan fingerprint density at radius 1 is 1.10 bits per heavy atom. The maximum absolute atomic E-state index is 12.8. The van der Waals surface area contributed by atoms with Gasteiger partial charge in [0, 0.05) is 51.0 Å². The van der Waals surface area contributed by atoms with E-state index in [1.165, 1.54) is 4.57 Å². The van der Waals surface area contributed by atoms with Crippen molar-refractivity contribution < 1.29 is 4.79 Å². The van der Waals surface area contributed by atoms with Gasteiger partial charge in [-0.05, 0) is 49.1 Å². The van der Waals surface area contributed by atoms with E-state index in [1.807, 2.05) is 12.1 Å². The number of benzene rings is 2. The van der Waals surface area contributed by atoms with Crippen LogP contribution >= 0.6 is 12.2 Å². The lowest BCUT2D eigenvalue weighted by atomic mass is 10.1. The van der Waals surface area contributed by atoms with Gasteiger partial charge < -0.3 is 20.1 Å². The molecule has 0 saturated carbocycles. The Morgan fingerprint density at radius 3 is 2.60 bits per heavy atom. The fraction of sp³-hybridized carbons (Fsp3) is 0.318. The number of piperazine rings is 1. The quantitative estimate of drug-likeness (QED) is 0.630. The van der Waals surface area contributed by atoms with Crippen LogP contribution < -0.4 is 15.8 Å². The third kappa shape index (κ3) is 4.01. The number of hydrogen-bond acceptors (Lipinski definition) is 5. The van der Waals surface area contributed by atoms with Crippen molar-refractivity contribution in [1.82, 2.24) is 19.8 Å². The number of aromatic nitrogens is 2. The zero-order chi connectivity index (χ0) is 21.3. The van der Waals surface area contributed by atoms with Gasteiger partial charge in [0.1, 0.15) is 0 Å². The predicted octanol–water partition coefficient (Wildman–Crippen LogP) is 2.28. The molecule has 0 bridgehead atoms. The molecule has 0 atom stereocenters. The molecule has 1 amide bonds. The van der Waals surface area contributed by atoms with E-state index in [-0.39, 0.29) is 11.5 Å². The second-order valence-electron chi connectivity index (χ2n) is 7.66. The smallest absolute Gasteiger partial charge is 0.261 e. The normalized spacial score (nSPS) is 14.8. The zero-order valence-electron chi connectivity index (χ0n) is 17.1. The van der Waals surface area contributed by atoms with Crippen molar-refractivity contribution in [3.8, 4) is 0 Å². The summed E-state index contributed by atoms with van der Waals surface area (Å²) >= 11 is 5.18. The number of likely N-dealkylation sites (N-methyl/N-ethyl adjacent to an activating group) is 1. The zero-order valence-corrected chi connectivity index (χ0v) is 18.0. The third-order valence-electron chi connectivity index (χ3n) is 5.64. The van der Waals surface area contributed by atoms with Crippen molar-refractivity contribution in [2.24, 2.45) is 7.05 Å². The van der Waals surface area contributed by atoms with E-state index in [9.17, 15) is 9.59 Å². The number of amides is 1. The molecule has 1 saturated heterocycles. The number of H-pyrrole nitrogens is 1. The average Bonchev–Trinajstić information content (AvgIpc) is 2.76. The largest absolute Gasteiger partial charge is 0.369 e. The first-order chi connectivity index (χ1) is 14.4. The van der Waals surface area contributed by atoms with E-state index in [0.717, 1.165) is 37.4 Å². The van der Waals surface area contributed by atoms with E-state index >= 15 is 0 Å². The summed E-state index contributed by atoms with van der Waals surface area (Å²) < 4.78 is 1.71. The molecule has 0 unspecified atom stereocenters. The number of aromatic amines is 1. The second-order valence-corrected chi connectivity index (χ2v) is 8.04. The number of nitrogens with one attached hydrogen (secondary N) is 2. The summed E-state index contributed by atoms with van der Waals surface area (Å²) in [5.74, 6) is -0.190. The summed E-state index contributed by atoms with van der Waals surface area (Å²) in [5.41, 5.74) is 3.12. The number of para-hydroxylation sites is 1. The van der Waals surface area contributed by atoms with Gasteiger partial charge in [-0.15, -0.1) is 0 Å². The molecule has 7 nitrogen and oxygen atoms in total. The highest BCUT2D eigenvalue weighted by atomic mass is 32.1. The molecule has 1 fully saturated rings. The van der Waals surface area contributed by atoms with Crippen LogP contribution in [-0.4, -0.2) is 53.6 Å².